The summed E-state index contributed by atoms with van der Waals surface area (Å²) < 4.78 is 8.93. The Morgan fingerprint density at radius 2 is 2.35 bits per heavy atom. The molecule has 3 heterocycles. The Morgan fingerprint density at radius 1 is 1.40 bits per heavy atom. The summed E-state index contributed by atoms with van der Waals surface area (Å²) in [6, 6.07) is 5.50. The average molecular weight is 270 g/mol. The van der Waals surface area contributed by atoms with Crippen molar-refractivity contribution in [2.24, 2.45) is 0 Å². The van der Waals surface area contributed by atoms with E-state index in [1.165, 1.54) is 6.08 Å². The Kier molecular flexibility index (Phi) is 3.36. The fraction of sp³-hybridized carbons (Fsp3) is 0.143. The van der Waals surface area contributed by atoms with E-state index in [4.69, 9.17) is 4.42 Å². The third-order valence-corrected chi connectivity index (χ3v) is 2.93. The van der Waals surface area contributed by atoms with Crippen LogP contribution in [-0.4, -0.2) is 26.6 Å². The highest BCUT2D eigenvalue weighted by atomic mass is 16.3. The fourth-order valence-corrected chi connectivity index (χ4v) is 1.96. The van der Waals surface area contributed by atoms with Crippen LogP contribution in [-0.2, 0) is 11.3 Å². The maximum atomic E-state index is 11.6. The van der Waals surface area contributed by atoms with Crippen LogP contribution in [0.5, 0.6) is 0 Å². The molecule has 0 fully saturated rings. The molecule has 0 aliphatic carbocycles. The van der Waals surface area contributed by atoms with Gasteiger partial charge in [0.15, 0.2) is 0 Å². The van der Waals surface area contributed by atoms with Crippen LogP contribution < -0.4 is 5.32 Å². The molecule has 0 aliphatic rings. The minimum Gasteiger partial charge on any atom is -0.465 e. The summed E-state index contributed by atoms with van der Waals surface area (Å²) in [5.41, 5.74) is 1.00. The van der Waals surface area contributed by atoms with Crippen LogP contribution in [0.1, 0.15) is 5.76 Å². The molecule has 0 aliphatic heterocycles. The molecule has 0 saturated carbocycles. The molecule has 3 aromatic rings. The van der Waals surface area contributed by atoms with Crippen molar-refractivity contribution < 1.29 is 9.21 Å². The van der Waals surface area contributed by atoms with Crippen LogP contribution in [0.2, 0.25) is 0 Å². The van der Waals surface area contributed by atoms with Gasteiger partial charge in [-0.25, -0.2) is 4.52 Å². The maximum Gasteiger partial charge on any atom is 0.244 e. The third-order valence-electron chi connectivity index (χ3n) is 2.93. The molecule has 0 bridgehead atoms. The molecule has 6 nitrogen and oxygen atoms in total. The molecule has 0 spiro atoms. The molecule has 0 unspecified atom stereocenters. The minimum absolute atomic E-state index is 0.141. The van der Waals surface area contributed by atoms with E-state index in [0.717, 1.165) is 5.65 Å². The van der Waals surface area contributed by atoms with Gasteiger partial charge in [0, 0.05) is 37.6 Å². The normalized spacial score (nSPS) is 11.4. The van der Waals surface area contributed by atoms with Gasteiger partial charge < -0.3 is 14.3 Å². The number of furan rings is 1. The highest BCUT2D eigenvalue weighted by molar-refractivity contribution is 5.91. The van der Waals surface area contributed by atoms with Gasteiger partial charge in [-0.3, -0.25) is 4.79 Å². The largest absolute Gasteiger partial charge is 0.465 e. The number of carbonyl (C=O) groups is 1. The molecular weight excluding hydrogens is 256 g/mol. The molecule has 0 atom stereocenters. The van der Waals surface area contributed by atoms with Crippen LogP contribution in [0.4, 0.5) is 0 Å². The highest BCUT2D eigenvalue weighted by Crippen LogP contribution is 2.03. The monoisotopic (exact) mass is 270 g/mol. The van der Waals surface area contributed by atoms with Crippen molar-refractivity contribution in [3.05, 3.63) is 54.9 Å². The van der Waals surface area contributed by atoms with Gasteiger partial charge in [-0.15, -0.1) is 0 Å². The summed E-state index contributed by atoms with van der Waals surface area (Å²) in [6.45, 7) is 1.25. The van der Waals surface area contributed by atoms with Crippen molar-refractivity contribution in [3.63, 3.8) is 0 Å². The van der Waals surface area contributed by atoms with Gasteiger partial charge in [0.2, 0.25) is 5.91 Å². The van der Waals surface area contributed by atoms with Crippen LogP contribution >= 0.6 is 0 Å². The number of fused-ring (bicyclic) bond motifs is 1. The lowest BCUT2D eigenvalue weighted by atomic mass is 10.4. The van der Waals surface area contributed by atoms with E-state index in [0.29, 0.717) is 18.8 Å². The van der Waals surface area contributed by atoms with Gasteiger partial charge in [-0.05, 0) is 18.2 Å². The first kappa shape index (κ1) is 12.3. The van der Waals surface area contributed by atoms with E-state index >= 15 is 0 Å². The van der Waals surface area contributed by atoms with Crippen molar-refractivity contribution in [2.75, 3.05) is 6.54 Å². The van der Waals surface area contributed by atoms with E-state index in [9.17, 15) is 4.79 Å². The number of amides is 1. The van der Waals surface area contributed by atoms with E-state index in [2.05, 4.69) is 10.4 Å². The quantitative estimate of drug-likeness (QED) is 0.715. The zero-order valence-electron chi connectivity index (χ0n) is 10.8. The summed E-state index contributed by atoms with van der Waals surface area (Å²) in [5, 5.41) is 6.95. The van der Waals surface area contributed by atoms with Gasteiger partial charge in [-0.2, -0.15) is 5.10 Å². The number of nitrogens with zero attached hydrogens (tertiary/aromatic N) is 3. The van der Waals surface area contributed by atoms with Crippen LogP contribution in [0.15, 0.2) is 53.5 Å². The molecule has 20 heavy (non-hydrogen) atoms. The Labute approximate surface area is 115 Å². The number of hydrogen-bond donors (Lipinski definition) is 1. The van der Waals surface area contributed by atoms with E-state index < -0.39 is 0 Å². The molecule has 3 rings (SSSR count). The topological polar surface area (TPSA) is 64.5 Å². The number of nitrogens with one attached hydrogen (secondary N) is 1. The third kappa shape index (κ3) is 2.64. The molecule has 0 radical (unpaired) electrons. The fourth-order valence-electron chi connectivity index (χ4n) is 1.96. The standard InChI is InChI=1S/C14H14N4O2/c19-13(4-3-12-2-1-11-20-12)15-7-8-17-9-10-18-14(17)5-6-16-18/h1-6,9-11H,7-8H2,(H,15,19). The van der Waals surface area contributed by atoms with Crippen molar-refractivity contribution in [2.45, 2.75) is 6.54 Å². The summed E-state index contributed by atoms with van der Waals surface area (Å²) in [5.74, 6) is 0.518. The van der Waals surface area contributed by atoms with E-state index in [1.807, 2.05) is 23.0 Å². The van der Waals surface area contributed by atoms with Gasteiger partial charge in [-0.1, -0.05) is 0 Å². The zero-order valence-corrected chi connectivity index (χ0v) is 10.8. The zero-order chi connectivity index (χ0) is 13.8. The molecule has 3 aromatic heterocycles. The van der Waals surface area contributed by atoms with E-state index in [-0.39, 0.29) is 5.91 Å². The number of imidazole rings is 1. The molecule has 0 saturated heterocycles. The molecule has 0 aromatic carbocycles. The minimum atomic E-state index is -0.141. The predicted octanol–water partition coefficient (Wildman–Crippen LogP) is 1.56. The Balaban J connectivity index is 1.50. The van der Waals surface area contributed by atoms with Crippen LogP contribution in [0, 0.1) is 0 Å². The Morgan fingerprint density at radius 3 is 3.20 bits per heavy atom. The second-order valence-corrected chi connectivity index (χ2v) is 4.27. The molecular formula is C14H14N4O2. The van der Waals surface area contributed by atoms with Crippen LogP contribution in [0.25, 0.3) is 11.7 Å². The lowest BCUT2D eigenvalue weighted by molar-refractivity contribution is -0.116. The first-order valence-corrected chi connectivity index (χ1v) is 6.31. The van der Waals surface area contributed by atoms with Crippen LogP contribution in [0.3, 0.4) is 0 Å². The van der Waals surface area contributed by atoms with Gasteiger partial charge in [0.05, 0.1) is 12.5 Å². The SMILES string of the molecule is O=C(C=Cc1ccco1)NCCn1ccn2nccc12. The lowest BCUT2D eigenvalue weighted by Crippen LogP contribution is -2.25. The first-order valence-electron chi connectivity index (χ1n) is 6.31. The lowest BCUT2D eigenvalue weighted by Gasteiger charge is -2.04. The molecule has 102 valence electrons. The summed E-state index contributed by atoms with van der Waals surface area (Å²) >= 11 is 0. The summed E-state index contributed by atoms with van der Waals surface area (Å²) in [7, 11) is 0. The van der Waals surface area contributed by atoms with Gasteiger partial charge in [0.1, 0.15) is 11.4 Å². The average Bonchev–Trinajstić information content (AvgIpc) is 3.15. The Hall–Kier alpha value is -2.76. The smallest absolute Gasteiger partial charge is 0.244 e. The summed E-state index contributed by atoms with van der Waals surface area (Å²) in [4.78, 5) is 11.6. The Bertz CT molecular complexity index is 721. The summed E-state index contributed by atoms with van der Waals surface area (Å²) in [6.07, 6.45) is 10.2. The molecule has 1 N–H and O–H groups in total. The second-order valence-electron chi connectivity index (χ2n) is 4.27. The van der Waals surface area contributed by atoms with Crippen molar-refractivity contribution >= 4 is 17.6 Å². The number of hydrogen-bond acceptors (Lipinski definition) is 3. The molecule has 1 amide bonds. The molecule has 6 heteroatoms. The number of rotatable bonds is 5. The first-order chi connectivity index (χ1) is 9.83. The van der Waals surface area contributed by atoms with E-state index in [1.54, 1.807) is 35.2 Å². The van der Waals surface area contributed by atoms with Crippen molar-refractivity contribution in [1.29, 1.82) is 0 Å². The van der Waals surface area contributed by atoms with Crippen molar-refractivity contribution in [1.82, 2.24) is 19.5 Å². The number of aromatic nitrogens is 3. The second kappa shape index (κ2) is 5.48. The van der Waals surface area contributed by atoms with Gasteiger partial charge in [0.25, 0.3) is 0 Å². The maximum absolute atomic E-state index is 11.6. The van der Waals surface area contributed by atoms with Crippen molar-refractivity contribution in [3.8, 4) is 0 Å². The number of carbonyl (C=O) groups excluding carboxylic acids is 1. The highest BCUT2D eigenvalue weighted by Gasteiger charge is 2.01. The van der Waals surface area contributed by atoms with Gasteiger partial charge >= 0.3 is 0 Å². The predicted molar refractivity (Wildman–Crippen MR) is 73.9 cm³/mol.